The molecular weight excluding hydrogens is 385 g/mol. The number of fused-ring (bicyclic) bond motifs is 3. The number of benzene rings is 2. The monoisotopic (exact) mass is 399 g/mol. The third-order valence-electron chi connectivity index (χ3n) is 4.23. The van der Waals surface area contributed by atoms with Gasteiger partial charge in [0.25, 0.3) is 5.78 Å². The zero-order chi connectivity index (χ0) is 17.6. The van der Waals surface area contributed by atoms with Gasteiger partial charge in [0, 0.05) is 19.2 Å². The molecule has 7 heteroatoms. The Morgan fingerprint density at radius 3 is 2.60 bits per heavy atom. The average molecular weight is 400 g/mol. The van der Waals surface area contributed by atoms with E-state index in [1.165, 1.54) is 6.07 Å². The van der Waals surface area contributed by atoms with Crippen LogP contribution in [0.4, 0.5) is 15.9 Å². The Morgan fingerprint density at radius 1 is 1.12 bits per heavy atom. The highest BCUT2D eigenvalue weighted by molar-refractivity contribution is 9.10. The molecule has 5 nitrogen and oxygen atoms in total. The van der Waals surface area contributed by atoms with E-state index in [0.717, 1.165) is 17.0 Å². The molecule has 4 aromatic rings. The smallest absolute Gasteiger partial charge is 0.257 e. The van der Waals surface area contributed by atoms with Crippen LogP contribution in [0.2, 0.25) is 0 Å². The summed E-state index contributed by atoms with van der Waals surface area (Å²) in [6.07, 6.45) is 0.709. The molecule has 0 aliphatic rings. The number of halogens is 2. The maximum atomic E-state index is 14.3. The lowest BCUT2D eigenvalue weighted by atomic mass is 10.2. The van der Waals surface area contributed by atoms with E-state index in [2.05, 4.69) is 31.1 Å². The molecule has 0 aliphatic carbocycles. The molecule has 0 unspecified atom stereocenters. The maximum absolute atomic E-state index is 14.3. The van der Waals surface area contributed by atoms with Crippen LogP contribution in [0.5, 0.6) is 0 Å². The van der Waals surface area contributed by atoms with Gasteiger partial charge < -0.3 is 4.90 Å². The minimum atomic E-state index is -0.331. The Hall–Kier alpha value is -2.54. The van der Waals surface area contributed by atoms with Crippen molar-refractivity contribution in [2.75, 3.05) is 11.9 Å². The van der Waals surface area contributed by atoms with Gasteiger partial charge in [0.1, 0.15) is 17.5 Å². The average Bonchev–Trinajstić information content (AvgIpc) is 3.07. The largest absolute Gasteiger partial charge is 0.329 e. The molecule has 0 bridgehead atoms. The minimum Gasteiger partial charge on any atom is -0.329 e. The number of aromatic nitrogens is 4. The van der Waals surface area contributed by atoms with Crippen LogP contribution in [0.15, 0.2) is 46.9 Å². The Labute approximate surface area is 152 Å². The Kier molecular flexibility index (Phi) is 3.88. The zero-order valence-electron chi connectivity index (χ0n) is 13.7. The van der Waals surface area contributed by atoms with Crippen molar-refractivity contribution in [1.82, 2.24) is 19.6 Å². The number of anilines is 2. The molecule has 25 heavy (non-hydrogen) atoms. The number of hydrogen-bond donors (Lipinski definition) is 0. The highest BCUT2D eigenvalue weighted by atomic mass is 79.9. The fraction of sp³-hybridized carbons (Fsp3) is 0.167. The molecule has 4 rings (SSSR count). The van der Waals surface area contributed by atoms with Crippen molar-refractivity contribution < 1.29 is 4.39 Å². The maximum Gasteiger partial charge on any atom is 0.257 e. The topological polar surface area (TPSA) is 46.3 Å². The van der Waals surface area contributed by atoms with E-state index in [0.29, 0.717) is 27.9 Å². The van der Waals surface area contributed by atoms with E-state index in [1.807, 2.05) is 53.6 Å². The van der Waals surface area contributed by atoms with E-state index < -0.39 is 0 Å². The third-order valence-corrected chi connectivity index (χ3v) is 5.01. The molecule has 2 aromatic carbocycles. The van der Waals surface area contributed by atoms with Crippen molar-refractivity contribution in [2.24, 2.45) is 0 Å². The first-order valence-electron chi connectivity index (χ1n) is 7.92. The van der Waals surface area contributed by atoms with Gasteiger partial charge in [-0.05, 0) is 40.2 Å². The van der Waals surface area contributed by atoms with Crippen molar-refractivity contribution in [2.45, 2.75) is 13.3 Å². The fourth-order valence-electron chi connectivity index (χ4n) is 2.96. The second-order valence-corrected chi connectivity index (χ2v) is 6.48. The summed E-state index contributed by atoms with van der Waals surface area (Å²) in [7, 11) is 1.90. The van der Waals surface area contributed by atoms with Gasteiger partial charge in [-0.15, -0.1) is 10.2 Å². The van der Waals surface area contributed by atoms with Gasteiger partial charge in [-0.2, -0.15) is 4.98 Å². The van der Waals surface area contributed by atoms with Crippen LogP contribution in [0.1, 0.15) is 12.7 Å². The Morgan fingerprint density at radius 2 is 1.88 bits per heavy atom. The van der Waals surface area contributed by atoms with Gasteiger partial charge in [0.2, 0.25) is 0 Å². The second-order valence-electron chi connectivity index (χ2n) is 5.69. The highest BCUT2D eigenvalue weighted by Crippen LogP contribution is 2.36. The first-order valence-corrected chi connectivity index (χ1v) is 8.71. The quantitative estimate of drug-likeness (QED) is 0.508. The third kappa shape index (κ3) is 2.46. The lowest BCUT2D eigenvalue weighted by Crippen LogP contribution is -2.13. The number of aryl methyl sites for hydroxylation is 1. The molecule has 2 heterocycles. The number of rotatable bonds is 3. The standard InChI is InChI=1S/C18H15BrFN5/c1-3-14-22-23-18-21-17(24(2)11-7-5-4-6-8-11)15-13(25(14)18)10-9-12(20)16(15)19/h4-10H,3H2,1-2H3. The summed E-state index contributed by atoms with van der Waals surface area (Å²) in [5.74, 6) is 1.58. The minimum absolute atomic E-state index is 0.331. The molecule has 0 saturated heterocycles. The molecule has 0 N–H and O–H groups in total. The van der Waals surface area contributed by atoms with Crippen LogP contribution in [0.25, 0.3) is 16.7 Å². The Balaban J connectivity index is 2.11. The fourth-order valence-corrected chi connectivity index (χ4v) is 3.47. The van der Waals surface area contributed by atoms with Gasteiger partial charge in [-0.1, -0.05) is 25.1 Å². The van der Waals surface area contributed by atoms with Crippen LogP contribution >= 0.6 is 15.9 Å². The summed E-state index contributed by atoms with van der Waals surface area (Å²) in [5, 5.41) is 9.09. The summed E-state index contributed by atoms with van der Waals surface area (Å²) in [6.45, 7) is 2.00. The predicted molar refractivity (Wildman–Crippen MR) is 99.8 cm³/mol. The number of hydrogen-bond acceptors (Lipinski definition) is 4. The van der Waals surface area contributed by atoms with E-state index in [9.17, 15) is 4.39 Å². The van der Waals surface area contributed by atoms with Crippen LogP contribution in [-0.2, 0) is 6.42 Å². The molecular formula is C18H15BrFN5. The SMILES string of the molecule is CCc1nnc2nc(N(C)c3ccccc3)c3c(Br)c(F)ccc3n12. The van der Waals surface area contributed by atoms with Crippen molar-refractivity contribution in [1.29, 1.82) is 0 Å². The highest BCUT2D eigenvalue weighted by Gasteiger charge is 2.20. The molecule has 0 aliphatic heterocycles. The lowest BCUT2D eigenvalue weighted by molar-refractivity contribution is 0.623. The zero-order valence-corrected chi connectivity index (χ0v) is 15.3. The van der Waals surface area contributed by atoms with Crippen LogP contribution in [0.3, 0.4) is 0 Å². The van der Waals surface area contributed by atoms with Crippen molar-refractivity contribution >= 4 is 44.1 Å². The number of nitrogens with zero attached hydrogens (tertiary/aromatic N) is 5. The summed E-state index contributed by atoms with van der Waals surface area (Å²) in [5.41, 5.74) is 1.77. The van der Waals surface area contributed by atoms with E-state index >= 15 is 0 Å². The number of para-hydroxylation sites is 1. The second kappa shape index (κ2) is 6.07. The molecule has 0 atom stereocenters. The summed E-state index contributed by atoms with van der Waals surface area (Å²) < 4.78 is 16.5. The molecule has 0 saturated carbocycles. The Bertz CT molecular complexity index is 1080. The van der Waals surface area contributed by atoms with E-state index in [4.69, 9.17) is 0 Å². The first-order chi connectivity index (χ1) is 12.1. The van der Waals surface area contributed by atoms with E-state index in [1.54, 1.807) is 6.07 Å². The van der Waals surface area contributed by atoms with Gasteiger partial charge in [0.15, 0.2) is 0 Å². The summed E-state index contributed by atoms with van der Waals surface area (Å²) in [4.78, 5) is 6.59. The summed E-state index contributed by atoms with van der Waals surface area (Å²) >= 11 is 3.40. The van der Waals surface area contributed by atoms with Gasteiger partial charge in [-0.3, -0.25) is 4.40 Å². The van der Waals surface area contributed by atoms with Gasteiger partial charge >= 0.3 is 0 Å². The van der Waals surface area contributed by atoms with Crippen LogP contribution in [0, 0.1) is 5.82 Å². The summed E-state index contributed by atoms with van der Waals surface area (Å²) in [6, 6.07) is 13.0. The lowest BCUT2D eigenvalue weighted by Gasteiger charge is -2.21. The molecule has 126 valence electrons. The predicted octanol–water partition coefficient (Wildman–Crippen LogP) is 4.51. The van der Waals surface area contributed by atoms with Crippen LogP contribution in [-0.4, -0.2) is 26.6 Å². The van der Waals surface area contributed by atoms with Crippen molar-refractivity contribution in [3.63, 3.8) is 0 Å². The molecule has 0 fully saturated rings. The van der Waals surface area contributed by atoms with Crippen molar-refractivity contribution in [3.8, 4) is 0 Å². The van der Waals surface area contributed by atoms with Gasteiger partial charge in [-0.25, -0.2) is 4.39 Å². The first kappa shape index (κ1) is 16.0. The molecule has 2 aromatic heterocycles. The van der Waals surface area contributed by atoms with Crippen LogP contribution < -0.4 is 4.90 Å². The molecule has 0 amide bonds. The molecule has 0 spiro atoms. The van der Waals surface area contributed by atoms with E-state index in [-0.39, 0.29) is 5.82 Å². The van der Waals surface area contributed by atoms with Crippen molar-refractivity contribution in [3.05, 3.63) is 58.6 Å². The molecule has 0 radical (unpaired) electrons. The van der Waals surface area contributed by atoms with Gasteiger partial charge in [0.05, 0.1) is 15.4 Å². The normalized spacial score (nSPS) is 11.4.